The van der Waals surface area contributed by atoms with Gasteiger partial charge in [-0.3, -0.25) is 9.59 Å². The van der Waals surface area contributed by atoms with Crippen molar-refractivity contribution in [2.45, 2.75) is 31.1 Å². The summed E-state index contributed by atoms with van der Waals surface area (Å²) in [6.07, 6.45) is 2.82. The first-order chi connectivity index (χ1) is 13.9. The molecule has 1 aliphatic rings. The Labute approximate surface area is 171 Å². The van der Waals surface area contributed by atoms with Gasteiger partial charge in [0.2, 0.25) is 15.9 Å². The average molecular weight is 416 g/mol. The van der Waals surface area contributed by atoms with Crippen LogP contribution < -0.4 is 10.6 Å². The Bertz CT molecular complexity index is 981. The zero-order valence-electron chi connectivity index (χ0n) is 16.3. The third-order valence-corrected chi connectivity index (χ3v) is 6.75. The van der Waals surface area contributed by atoms with E-state index in [4.69, 9.17) is 0 Å². The highest BCUT2D eigenvalue weighted by molar-refractivity contribution is 7.89. The normalized spacial score (nSPS) is 14.9. The van der Waals surface area contributed by atoms with E-state index in [1.165, 1.54) is 23.4 Å². The maximum absolute atomic E-state index is 12.7. The molecule has 8 heteroatoms. The zero-order chi connectivity index (χ0) is 20.9. The molecule has 1 heterocycles. The van der Waals surface area contributed by atoms with Crippen molar-refractivity contribution in [3.05, 3.63) is 54.1 Å². The molecule has 0 unspecified atom stereocenters. The van der Waals surface area contributed by atoms with Gasteiger partial charge in [0, 0.05) is 30.0 Å². The summed E-state index contributed by atoms with van der Waals surface area (Å²) in [4.78, 5) is 24.1. The molecule has 1 amide bonds. The number of benzene rings is 2. The number of amides is 1. The van der Waals surface area contributed by atoms with Gasteiger partial charge in [0.1, 0.15) is 0 Å². The maximum atomic E-state index is 12.7. The van der Waals surface area contributed by atoms with Crippen LogP contribution >= 0.6 is 0 Å². The second-order valence-electron chi connectivity index (χ2n) is 6.99. The molecule has 29 heavy (non-hydrogen) atoms. The highest BCUT2D eigenvalue weighted by Crippen LogP contribution is 2.22. The molecule has 2 aromatic carbocycles. The number of hydrogen-bond donors (Lipinski definition) is 2. The number of anilines is 2. The van der Waals surface area contributed by atoms with Gasteiger partial charge >= 0.3 is 0 Å². The van der Waals surface area contributed by atoms with E-state index >= 15 is 0 Å². The predicted molar refractivity (Wildman–Crippen MR) is 113 cm³/mol. The third-order valence-electron chi connectivity index (χ3n) is 4.84. The number of hydrogen-bond acceptors (Lipinski definition) is 5. The van der Waals surface area contributed by atoms with Crippen LogP contribution in [0.1, 0.15) is 36.5 Å². The lowest BCUT2D eigenvalue weighted by molar-refractivity contribution is -0.114. The average Bonchev–Trinajstić information content (AvgIpc) is 2.73. The van der Waals surface area contributed by atoms with Crippen LogP contribution in [0.25, 0.3) is 0 Å². The molecule has 1 aliphatic heterocycles. The summed E-state index contributed by atoms with van der Waals surface area (Å²) in [7, 11) is -3.49. The van der Waals surface area contributed by atoms with Crippen LogP contribution in [-0.2, 0) is 14.8 Å². The summed E-state index contributed by atoms with van der Waals surface area (Å²) in [5.41, 5.74) is 1.62. The van der Waals surface area contributed by atoms with Gasteiger partial charge in [0.25, 0.3) is 0 Å². The maximum Gasteiger partial charge on any atom is 0.243 e. The fourth-order valence-corrected chi connectivity index (χ4v) is 4.81. The van der Waals surface area contributed by atoms with Gasteiger partial charge in [-0.05, 0) is 56.2 Å². The number of sulfonamides is 1. The molecular weight excluding hydrogens is 390 g/mol. The number of para-hydroxylation sites is 1. The molecule has 2 aromatic rings. The van der Waals surface area contributed by atoms with Crippen molar-refractivity contribution < 1.29 is 18.0 Å². The summed E-state index contributed by atoms with van der Waals surface area (Å²) in [6.45, 7) is 2.56. The number of Topliss-reactive ketones (excluding diaryl/α,β-unsaturated/α-hetero) is 1. The van der Waals surface area contributed by atoms with Crippen molar-refractivity contribution >= 4 is 33.1 Å². The van der Waals surface area contributed by atoms with E-state index in [1.54, 1.807) is 36.4 Å². The Morgan fingerprint density at radius 2 is 1.62 bits per heavy atom. The summed E-state index contributed by atoms with van der Waals surface area (Å²) >= 11 is 0. The molecule has 0 atom stereocenters. The fourth-order valence-electron chi connectivity index (χ4n) is 3.29. The Hall–Kier alpha value is -2.71. The number of nitrogens with one attached hydrogen (secondary N) is 2. The van der Waals surface area contributed by atoms with Crippen LogP contribution in [-0.4, -0.2) is 44.0 Å². The standard InChI is InChI=1S/C21H25N3O4S/c1-16(25)19-7-3-4-8-20(19)22-15-21(26)23-17-9-11-18(12-10-17)29(27,28)24-13-5-2-6-14-24/h3-4,7-12,22H,2,5-6,13-15H2,1H3,(H,23,26). The minimum Gasteiger partial charge on any atom is -0.376 e. The van der Waals surface area contributed by atoms with Crippen molar-refractivity contribution in [1.29, 1.82) is 0 Å². The Kier molecular flexibility index (Phi) is 6.66. The molecule has 2 N–H and O–H groups in total. The molecule has 0 aromatic heterocycles. The minimum absolute atomic E-state index is 0.0158. The quantitative estimate of drug-likeness (QED) is 0.678. The van der Waals surface area contributed by atoms with E-state index in [0.717, 1.165) is 19.3 Å². The van der Waals surface area contributed by atoms with E-state index in [0.29, 0.717) is 30.0 Å². The number of ketones is 1. The Balaban J connectivity index is 1.60. The van der Waals surface area contributed by atoms with E-state index in [2.05, 4.69) is 10.6 Å². The monoisotopic (exact) mass is 415 g/mol. The third kappa shape index (κ3) is 5.21. The van der Waals surface area contributed by atoms with Crippen LogP contribution in [0.15, 0.2) is 53.4 Å². The molecule has 0 bridgehead atoms. The molecular formula is C21H25N3O4S. The van der Waals surface area contributed by atoms with E-state index < -0.39 is 10.0 Å². The van der Waals surface area contributed by atoms with Crippen molar-refractivity contribution in [3.63, 3.8) is 0 Å². The van der Waals surface area contributed by atoms with Gasteiger partial charge in [-0.1, -0.05) is 18.6 Å². The first kappa shape index (κ1) is 21.0. The van der Waals surface area contributed by atoms with Crippen molar-refractivity contribution in [3.8, 4) is 0 Å². The number of rotatable bonds is 7. The fraction of sp³-hybridized carbons (Fsp3) is 0.333. The first-order valence-electron chi connectivity index (χ1n) is 9.62. The largest absolute Gasteiger partial charge is 0.376 e. The molecule has 7 nitrogen and oxygen atoms in total. The number of nitrogens with zero attached hydrogens (tertiary/aromatic N) is 1. The number of piperidine rings is 1. The van der Waals surface area contributed by atoms with Gasteiger partial charge in [-0.2, -0.15) is 4.31 Å². The second kappa shape index (κ2) is 9.19. The van der Waals surface area contributed by atoms with Crippen LogP contribution in [0.2, 0.25) is 0 Å². The lowest BCUT2D eigenvalue weighted by Crippen LogP contribution is -2.35. The predicted octanol–water partition coefficient (Wildman–Crippen LogP) is 3.11. The van der Waals surface area contributed by atoms with E-state index in [1.807, 2.05) is 0 Å². The van der Waals surface area contributed by atoms with Gasteiger partial charge in [-0.25, -0.2) is 8.42 Å². The van der Waals surface area contributed by atoms with E-state index in [-0.39, 0.29) is 23.1 Å². The van der Waals surface area contributed by atoms with Gasteiger partial charge in [-0.15, -0.1) is 0 Å². The van der Waals surface area contributed by atoms with Gasteiger partial charge < -0.3 is 10.6 Å². The first-order valence-corrected chi connectivity index (χ1v) is 11.1. The molecule has 1 saturated heterocycles. The number of carbonyl (C=O) groups is 2. The topological polar surface area (TPSA) is 95.6 Å². The van der Waals surface area contributed by atoms with Gasteiger partial charge in [0.15, 0.2) is 5.78 Å². The molecule has 1 fully saturated rings. The molecule has 0 radical (unpaired) electrons. The highest BCUT2D eigenvalue weighted by atomic mass is 32.2. The molecule has 154 valence electrons. The van der Waals surface area contributed by atoms with Crippen LogP contribution in [0.4, 0.5) is 11.4 Å². The Morgan fingerprint density at radius 3 is 2.28 bits per heavy atom. The van der Waals surface area contributed by atoms with Crippen molar-refractivity contribution in [2.24, 2.45) is 0 Å². The SMILES string of the molecule is CC(=O)c1ccccc1NCC(=O)Nc1ccc(S(=O)(=O)N2CCCCC2)cc1. The summed E-state index contributed by atoms with van der Waals surface area (Å²) in [5.74, 6) is -0.381. The lowest BCUT2D eigenvalue weighted by atomic mass is 10.1. The van der Waals surface area contributed by atoms with Crippen molar-refractivity contribution in [2.75, 3.05) is 30.3 Å². The lowest BCUT2D eigenvalue weighted by Gasteiger charge is -2.25. The van der Waals surface area contributed by atoms with Crippen LogP contribution in [0.3, 0.4) is 0 Å². The zero-order valence-corrected chi connectivity index (χ0v) is 17.2. The second-order valence-corrected chi connectivity index (χ2v) is 8.93. The Morgan fingerprint density at radius 1 is 0.966 bits per heavy atom. The molecule has 0 aliphatic carbocycles. The van der Waals surface area contributed by atoms with Crippen LogP contribution in [0.5, 0.6) is 0 Å². The summed E-state index contributed by atoms with van der Waals surface area (Å²) in [6, 6.07) is 13.2. The molecule has 3 rings (SSSR count). The highest BCUT2D eigenvalue weighted by Gasteiger charge is 2.25. The number of carbonyl (C=O) groups excluding carboxylic acids is 2. The van der Waals surface area contributed by atoms with Gasteiger partial charge in [0.05, 0.1) is 11.4 Å². The van der Waals surface area contributed by atoms with E-state index in [9.17, 15) is 18.0 Å². The summed E-state index contributed by atoms with van der Waals surface area (Å²) in [5, 5.41) is 5.68. The molecule has 0 spiro atoms. The molecule has 0 saturated carbocycles. The van der Waals surface area contributed by atoms with Crippen LogP contribution in [0, 0.1) is 0 Å². The smallest absolute Gasteiger partial charge is 0.243 e. The minimum atomic E-state index is -3.49. The summed E-state index contributed by atoms with van der Waals surface area (Å²) < 4.78 is 26.9. The van der Waals surface area contributed by atoms with Crippen molar-refractivity contribution in [1.82, 2.24) is 4.31 Å².